The number of primary sulfonamides is 1. The number of nitrogens with two attached hydrogens (primary N) is 1. The van der Waals surface area contributed by atoms with Gasteiger partial charge in [0.1, 0.15) is 10.6 Å². The van der Waals surface area contributed by atoms with Crippen molar-refractivity contribution < 1.29 is 26.4 Å². The van der Waals surface area contributed by atoms with Crippen LogP contribution in [0.3, 0.4) is 0 Å². The van der Waals surface area contributed by atoms with Crippen LogP contribution in [-0.2, 0) is 10.0 Å². The number of alkyl halides is 3. The summed E-state index contributed by atoms with van der Waals surface area (Å²) in [6.45, 7) is 2.80. The van der Waals surface area contributed by atoms with Crippen LogP contribution in [0.5, 0.6) is 0 Å². The summed E-state index contributed by atoms with van der Waals surface area (Å²) in [5, 5.41) is 7.08. The second kappa shape index (κ2) is 6.06. The van der Waals surface area contributed by atoms with Crippen molar-refractivity contribution >= 4 is 15.9 Å². The van der Waals surface area contributed by atoms with Crippen LogP contribution in [0.2, 0.25) is 0 Å². The molecule has 1 heterocycles. The first-order chi connectivity index (χ1) is 9.42. The summed E-state index contributed by atoms with van der Waals surface area (Å²) >= 11 is 0. The summed E-state index contributed by atoms with van der Waals surface area (Å²) in [4.78, 5) is 11.6. The molecule has 1 rings (SSSR count). The minimum absolute atomic E-state index is 0.0591. The van der Waals surface area contributed by atoms with Crippen LogP contribution < -0.4 is 10.5 Å². The topological polar surface area (TPSA) is 94.2 Å². The molecular weight excluding hydrogens is 311 g/mol. The number of nitrogens with one attached hydrogen (secondary N) is 1. The molecule has 21 heavy (non-hydrogen) atoms. The van der Waals surface area contributed by atoms with Crippen LogP contribution in [0.15, 0.2) is 17.2 Å². The number of carbonyl (C=O) groups excluding carboxylic acids is 1. The van der Waals surface area contributed by atoms with E-state index in [0.717, 1.165) is 6.07 Å². The summed E-state index contributed by atoms with van der Waals surface area (Å²) in [5.41, 5.74) is -0.0591. The smallest absolute Gasteiger partial charge is 0.350 e. The Balaban J connectivity index is 2.95. The van der Waals surface area contributed by atoms with E-state index >= 15 is 0 Å². The number of halogens is 3. The van der Waals surface area contributed by atoms with Crippen molar-refractivity contribution in [3.05, 3.63) is 18.0 Å². The molecule has 0 aromatic carbocycles. The van der Waals surface area contributed by atoms with E-state index in [0.29, 0.717) is 0 Å². The zero-order chi connectivity index (χ0) is 16.4. The van der Waals surface area contributed by atoms with E-state index in [2.05, 4.69) is 5.32 Å². The number of aromatic nitrogens is 1. The highest BCUT2D eigenvalue weighted by molar-refractivity contribution is 7.89. The highest BCUT2D eigenvalue weighted by Gasteiger charge is 2.27. The molecular formula is C11H16F3N3O3S. The molecule has 0 saturated carbocycles. The Hall–Kier alpha value is -1.55. The minimum atomic E-state index is -4.38. The Bertz CT molecular complexity index is 620. The normalized spacial score (nSPS) is 12.7. The van der Waals surface area contributed by atoms with Gasteiger partial charge in [0.2, 0.25) is 10.0 Å². The molecule has 0 aliphatic heterocycles. The number of amides is 1. The fraction of sp³-hybridized carbons (Fsp3) is 0.545. The highest BCUT2D eigenvalue weighted by atomic mass is 32.2. The van der Waals surface area contributed by atoms with Gasteiger partial charge in [-0.25, -0.2) is 13.6 Å². The van der Waals surface area contributed by atoms with Gasteiger partial charge in [0.15, 0.2) is 0 Å². The average molecular weight is 327 g/mol. The van der Waals surface area contributed by atoms with E-state index in [1.807, 2.05) is 0 Å². The zero-order valence-corrected chi connectivity index (χ0v) is 12.3. The van der Waals surface area contributed by atoms with Gasteiger partial charge >= 0.3 is 6.18 Å². The highest BCUT2D eigenvalue weighted by Crippen LogP contribution is 2.20. The number of hydrogen-bond acceptors (Lipinski definition) is 3. The lowest BCUT2D eigenvalue weighted by atomic mass is 10.3. The number of sulfonamides is 1. The van der Waals surface area contributed by atoms with Crippen molar-refractivity contribution in [2.24, 2.45) is 5.14 Å². The second-order valence-electron chi connectivity index (χ2n) is 4.73. The Morgan fingerprint density at radius 2 is 2.00 bits per heavy atom. The van der Waals surface area contributed by atoms with Gasteiger partial charge in [0.25, 0.3) is 5.91 Å². The SMILES string of the molecule is CC(C)n1cc(S(N)(=O)=O)cc1C(=O)NCCC(F)(F)F. The number of rotatable bonds is 5. The molecule has 0 fully saturated rings. The van der Waals surface area contributed by atoms with Gasteiger partial charge in [-0.1, -0.05) is 0 Å². The molecule has 10 heteroatoms. The maximum atomic E-state index is 12.0. The lowest BCUT2D eigenvalue weighted by molar-refractivity contribution is -0.133. The van der Waals surface area contributed by atoms with Crippen LogP contribution in [0, 0.1) is 0 Å². The average Bonchev–Trinajstić information content (AvgIpc) is 2.71. The third-order valence-corrected chi connectivity index (χ3v) is 3.52. The molecule has 0 unspecified atom stereocenters. The van der Waals surface area contributed by atoms with Crippen molar-refractivity contribution in [2.45, 2.75) is 37.4 Å². The molecule has 3 N–H and O–H groups in total. The van der Waals surface area contributed by atoms with Gasteiger partial charge in [0.05, 0.1) is 6.42 Å². The number of nitrogens with zero attached hydrogens (tertiary/aromatic N) is 1. The van der Waals surface area contributed by atoms with Crippen LogP contribution in [0.1, 0.15) is 36.8 Å². The molecule has 0 atom stereocenters. The monoisotopic (exact) mass is 327 g/mol. The molecule has 1 aromatic rings. The number of carbonyl (C=O) groups is 1. The maximum Gasteiger partial charge on any atom is 0.390 e. The lowest BCUT2D eigenvalue weighted by Crippen LogP contribution is -2.29. The molecule has 0 saturated heterocycles. The molecule has 0 spiro atoms. The molecule has 6 nitrogen and oxygen atoms in total. The lowest BCUT2D eigenvalue weighted by Gasteiger charge is -2.13. The molecule has 0 radical (unpaired) electrons. The van der Waals surface area contributed by atoms with Gasteiger partial charge in [-0.3, -0.25) is 4.79 Å². The summed E-state index contributed by atoms with van der Waals surface area (Å²) in [6, 6.07) is 0.780. The Labute approximate surface area is 120 Å². The van der Waals surface area contributed by atoms with E-state index < -0.39 is 35.1 Å². The van der Waals surface area contributed by atoms with Crippen LogP contribution >= 0.6 is 0 Å². The predicted molar refractivity (Wildman–Crippen MR) is 69.2 cm³/mol. The van der Waals surface area contributed by atoms with Crippen LogP contribution in [0.4, 0.5) is 13.2 Å². The summed E-state index contributed by atoms with van der Waals surface area (Å²) in [6.07, 6.45) is -4.36. The first kappa shape index (κ1) is 17.5. The standard InChI is InChI=1S/C11H16F3N3O3S/c1-7(2)17-6-8(21(15,19)20)5-9(17)10(18)16-4-3-11(12,13)14/h5-7H,3-4H2,1-2H3,(H,16,18)(H2,15,19,20). The van der Waals surface area contributed by atoms with Gasteiger partial charge in [-0.05, 0) is 19.9 Å². The van der Waals surface area contributed by atoms with Gasteiger partial charge < -0.3 is 9.88 Å². The Kier molecular flexibility index (Phi) is 5.05. The van der Waals surface area contributed by atoms with Crippen molar-refractivity contribution in [3.63, 3.8) is 0 Å². The molecule has 1 aromatic heterocycles. The second-order valence-corrected chi connectivity index (χ2v) is 6.29. The molecule has 120 valence electrons. The molecule has 0 aliphatic carbocycles. The molecule has 0 aliphatic rings. The third-order valence-electron chi connectivity index (χ3n) is 2.64. The summed E-state index contributed by atoms with van der Waals surface area (Å²) in [7, 11) is -4.00. The third kappa shape index (κ3) is 5.05. The quantitative estimate of drug-likeness (QED) is 0.856. The van der Waals surface area contributed by atoms with Gasteiger partial charge in [0, 0.05) is 18.8 Å². The Morgan fingerprint density at radius 3 is 2.43 bits per heavy atom. The van der Waals surface area contributed by atoms with Gasteiger partial charge in [-0.15, -0.1) is 0 Å². The fourth-order valence-corrected chi connectivity index (χ4v) is 2.16. The van der Waals surface area contributed by atoms with E-state index in [-0.39, 0.29) is 16.6 Å². The van der Waals surface area contributed by atoms with Crippen molar-refractivity contribution in [3.8, 4) is 0 Å². The van der Waals surface area contributed by atoms with E-state index in [9.17, 15) is 26.4 Å². The molecule has 0 bridgehead atoms. The largest absolute Gasteiger partial charge is 0.390 e. The summed E-state index contributed by atoms with van der Waals surface area (Å²) < 4.78 is 60.0. The van der Waals surface area contributed by atoms with Crippen LogP contribution in [-0.4, -0.2) is 31.6 Å². The van der Waals surface area contributed by atoms with E-state index in [4.69, 9.17) is 5.14 Å². The van der Waals surface area contributed by atoms with Crippen molar-refractivity contribution in [2.75, 3.05) is 6.54 Å². The fourth-order valence-electron chi connectivity index (χ4n) is 1.63. The Morgan fingerprint density at radius 1 is 1.43 bits per heavy atom. The summed E-state index contributed by atoms with van der Waals surface area (Å²) in [5.74, 6) is -0.789. The van der Waals surface area contributed by atoms with E-state index in [1.54, 1.807) is 13.8 Å². The minimum Gasteiger partial charge on any atom is -0.350 e. The van der Waals surface area contributed by atoms with Crippen molar-refractivity contribution in [1.29, 1.82) is 0 Å². The maximum absolute atomic E-state index is 12.0. The zero-order valence-electron chi connectivity index (χ0n) is 11.4. The van der Waals surface area contributed by atoms with Crippen LogP contribution in [0.25, 0.3) is 0 Å². The molecule has 1 amide bonds. The first-order valence-corrected chi connectivity index (χ1v) is 7.56. The van der Waals surface area contributed by atoms with Gasteiger partial charge in [-0.2, -0.15) is 13.2 Å². The first-order valence-electron chi connectivity index (χ1n) is 6.01. The predicted octanol–water partition coefficient (Wildman–Crippen LogP) is 1.40. The van der Waals surface area contributed by atoms with E-state index in [1.165, 1.54) is 10.8 Å². The van der Waals surface area contributed by atoms with Crippen molar-refractivity contribution in [1.82, 2.24) is 9.88 Å². The number of hydrogen-bond donors (Lipinski definition) is 2.